The van der Waals surface area contributed by atoms with Gasteiger partial charge in [0.1, 0.15) is 6.54 Å². The van der Waals surface area contributed by atoms with Crippen molar-refractivity contribution in [3.8, 4) is 0 Å². The quantitative estimate of drug-likeness (QED) is 0.423. The molecular formula is C10H24NO+. The topological polar surface area (TPSA) is 9.23 Å². The van der Waals surface area contributed by atoms with Crippen LogP contribution in [0.5, 0.6) is 0 Å². The molecule has 12 heavy (non-hydrogen) atoms. The van der Waals surface area contributed by atoms with Crippen molar-refractivity contribution in [3.63, 3.8) is 0 Å². The van der Waals surface area contributed by atoms with Gasteiger partial charge in [0.25, 0.3) is 0 Å². The first-order chi connectivity index (χ1) is 5.68. The zero-order valence-electron chi connectivity index (χ0n) is 9.10. The van der Waals surface area contributed by atoms with E-state index in [9.17, 15) is 0 Å². The number of hydrogen-bond acceptors (Lipinski definition) is 1. The lowest BCUT2D eigenvalue weighted by atomic mass is 10.3. The molecule has 1 atom stereocenters. The molecule has 0 aromatic rings. The van der Waals surface area contributed by atoms with E-state index in [1.807, 2.05) is 0 Å². The minimum absolute atomic E-state index is 0.843. The van der Waals surface area contributed by atoms with E-state index in [-0.39, 0.29) is 0 Å². The fraction of sp³-hybridized carbons (Fsp3) is 1.00. The van der Waals surface area contributed by atoms with Crippen LogP contribution in [-0.4, -0.2) is 44.4 Å². The summed E-state index contributed by atoms with van der Waals surface area (Å²) in [5, 5.41) is 0. The fourth-order valence-corrected chi connectivity index (χ4v) is 1.40. The Balaban J connectivity index is 3.63. The van der Waals surface area contributed by atoms with Gasteiger partial charge in [0.15, 0.2) is 0 Å². The predicted molar refractivity (Wildman–Crippen MR) is 53.2 cm³/mol. The van der Waals surface area contributed by atoms with Crippen LogP contribution in [0, 0.1) is 0 Å². The lowest BCUT2D eigenvalue weighted by Gasteiger charge is -2.32. The second-order valence-electron chi connectivity index (χ2n) is 3.58. The van der Waals surface area contributed by atoms with Gasteiger partial charge >= 0.3 is 0 Å². The van der Waals surface area contributed by atoms with Crippen LogP contribution in [0.15, 0.2) is 0 Å². The Bertz CT molecular complexity index is 106. The van der Waals surface area contributed by atoms with E-state index in [1.54, 1.807) is 0 Å². The first-order valence-corrected chi connectivity index (χ1v) is 5.09. The molecule has 0 aliphatic heterocycles. The highest BCUT2D eigenvalue weighted by Crippen LogP contribution is 2.02. The van der Waals surface area contributed by atoms with E-state index < -0.39 is 0 Å². The highest BCUT2D eigenvalue weighted by molar-refractivity contribution is 4.36. The summed E-state index contributed by atoms with van der Waals surface area (Å²) in [6.45, 7) is 11.9. The molecule has 0 radical (unpaired) electrons. The molecule has 0 aliphatic rings. The smallest absolute Gasteiger partial charge is 0.102 e. The molecule has 74 valence electrons. The number of rotatable bonds is 7. The molecule has 0 spiro atoms. The number of likely N-dealkylation sites (N-methyl/N-ethyl adjacent to an activating group) is 1. The van der Waals surface area contributed by atoms with Crippen LogP contribution in [0.2, 0.25) is 0 Å². The average Bonchev–Trinajstić information content (AvgIpc) is 2.06. The molecular weight excluding hydrogens is 150 g/mol. The monoisotopic (exact) mass is 174 g/mol. The van der Waals surface area contributed by atoms with Crippen molar-refractivity contribution in [2.45, 2.75) is 27.2 Å². The average molecular weight is 174 g/mol. The minimum atomic E-state index is 0.843. The maximum atomic E-state index is 5.36. The molecule has 2 heteroatoms. The van der Waals surface area contributed by atoms with Gasteiger partial charge in [0.2, 0.25) is 0 Å². The molecule has 2 nitrogen and oxygen atoms in total. The molecule has 0 N–H and O–H groups in total. The molecule has 0 rings (SSSR count). The van der Waals surface area contributed by atoms with Crippen LogP contribution >= 0.6 is 0 Å². The summed E-state index contributed by atoms with van der Waals surface area (Å²) in [6, 6.07) is 0. The summed E-state index contributed by atoms with van der Waals surface area (Å²) in [5.74, 6) is 0. The highest BCUT2D eigenvalue weighted by Gasteiger charge is 2.16. The van der Waals surface area contributed by atoms with Gasteiger partial charge in [0.05, 0.1) is 26.7 Å². The summed E-state index contributed by atoms with van der Waals surface area (Å²) >= 11 is 0. The van der Waals surface area contributed by atoms with Gasteiger partial charge in [-0.1, -0.05) is 6.92 Å². The van der Waals surface area contributed by atoms with Crippen molar-refractivity contribution < 1.29 is 9.22 Å². The Morgan fingerprint density at radius 2 is 1.75 bits per heavy atom. The molecule has 0 saturated carbocycles. The largest absolute Gasteiger partial charge is 0.376 e. The van der Waals surface area contributed by atoms with Gasteiger partial charge in [-0.3, -0.25) is 0 Å². The standard InChI is InChI=1S/C10H24NO/c1-5-8-11(4,6-2)9-10-12-7-3/h5-10H2,1-4H3/q+1. The van der Waals surface area contributed by atoms with Crippen LogP contribution in [0.1, 0.15) is 27.2 Å². The van der Waals surface area contributed by atoms with Gasteiger partial charge in [-0.25, -0.2) is 0 Å². The number of ether oxygens (including phenoxy) is 1. The van der Waals surface area contributed by atoms with E-state index in [1.165, 1.54) is 19.5 Å². The Kier molecular flexibility index (Phi) is 6.39. The summed E-state index contributed by atoms with van der Waals surface area (Å²) < 4.78 is 6.51. The summed E-state index contributed by atoms with van der Waals surface area (Å²) in [5.41, 5.74) is 0. The molecule has 0 aliphatic carbocycles. The van der Waals surface area contributed by atoms with Crippen molar-refractivity contribution in [2.24, 2.45) is 0 Å². The summed E-state index contributed by atoms with van der Waals surface area (Å²) in [7, 11) is 2.31. The number of nitrogens with zero attached hydrogens (tertiary/aromatic N) is 1. The molecule has 0 saturated heterocycles. The highest BCUT2D eigenvalue weighted by atomic mass is 16.5. The molecule has 0 bridgehead atoms. The molecule has 0 aromatic heterocycles. The Labute approximate surface area is 77.1 Å². The first-order valence-electron chi connectivity index (χ1n) is 5.09. The SMILES string of the molecule is CCC[N+](C)(CC)CCOCC. The van der Waals surface area contributed by atoms with Gasteiger partial charge < -0.3 is 9.22 Å². The molecule has 0 fully saturated rings. The molecule has 0 heterocycles. The third-order valence-electron chi connectivity index (χ3n) is 2.51. The number of quaternary nitrogens is 1. The lowest BCUT2D eigenvalue weighted by molar-refractivity contribution is -0.908. The normalized spacial score (nSPS) is 16.0. The van der Waals surface area contributed by atoms with Crippen LogP contribution < -0.4 is 0 Å². The van der Waals surface area contributed by atoms with Crippen molar-refractivity contribution in [3.05, 3.63) is 0 Å². The van der Waals surface area contributed by atoms with E-state index in [2.05, 4.69) is 27.8 Å². The second-order valence-corrected chi connectivity index (χ2v) is 3.58. The van der Waals surface area contributed by atoms with E-state index in [4.69, 9.17) is 4.74 Å². The maximum Gasteiger partial charge on any atom is 0.102 e. The van der Waals surface area contributed by atoms with Gasteiger partial charge in [-0.05, 0) is 20.3 Å². The summed E-state index contributed by atoms with van der Waals surface area (Å²) in [6.07, 6.45) is 1.26. The van der Waals surface area contributed by atoms with Crippen LogP contribution in [0.3, 0.4) is 0 Å². The third kappa shape index (κ3) is 4.73. The predicted octanol–water partition coefficient (Wildman–Crippen LogP) is 1.90. The number of hydrogen-bond donors (Lipinski definition) is 0. The molecule has 1 unspecified atom stereocenters. The Morgan fingerprint density at radius 1 is 1.08 bits per heavy atom. The zero-order valence-corrected chi connectivity index (χ0v) is 9.10. The van der Waals surface area contributed by atoms with Crippen molar-refractivity contribution in [1.29, 1.82) is 0 Å². The third-order valence-corrected chi connectivity index (χ3v) is 2.51. The van der Waals surface area contributed by atoms with Gasteiger partial charge in [-0.2, -0.15) is 0 Å². The zero-order chi connectivity index (χ0) is 9.45. The Hall–Kier alpha value is -0.0800. The van der Waals surface area contributed by atoms with Crippen molar-refractivity contribution in [2.75, 3.05) is 39.9 Å². The van der Waals surface area contributed by atoms with Crippen molar-refractivity contribution in [1.82, 2.24) is 0 Å². The van der Waals surface area contributed by atoms with Gasteiger partial charge in [-0.15, -0.1) is 0 Å². The molecule has 0 amide bonds. The Morgan fingerprint density at radius 3 is 2.17 bits per heavy atom. The van der Waals surface area contributed by atoms with E-state index in [0.717, 1.165) is 24.2 Å². The lowest BCUT2D eigenvalue weighted by Crippen LogP contribution is -2.46. The van der Waals surface area contributed by atoms with Crippen LogP contribution in [-0.2, 0) is 4.74 Å². The summed E-state index contributed by atoms with van der Waals surface area (Å²) in [4.78, 5) is 0. The fourth-order valence-electron chi connectivity index (χ4n) is 1.40. The minimum Gasteiger partial charge on any atom is -0.376 e. The van der Waals surface area contributed by atoms with E-state index in [0.29, 0.717) is 0 Å². The van der Waals surface area contributed by atoms with Crippen LogP contribution in [0.4, 0.5) is 0 Å². The maximum absolute atomic E-state index is 5.36. The van der Waals surface area contributed by atoms with E-state index >= 15 is 0 Å². The first kappa shape index (κ1) is 11.9. The second kappa shape index (κ2) is 6.44. The van der Waals surface area contributed by atoms with Gasteiger partial charge in [0, 0.05) is 6.61 Å². The van der Waals surface area contributed by atoms with Crippen LogP contribution in [0.25, 0.3) is 0 Å². The molecule has 0 aromatic carbocycles. The van der Waals surface area contributed by atoms with Crippen molar-refractivity contribution >= 4 is 0 Å².